The Kier molecular flexibility index (Phi) is 5.53. The summed E-state index contributed by atoms with van der Waals surface area (Å²) in [6.07, 6.45) is 1.84. The summed E-state index contributed by atoms with van der Waals surface area (Å²) in [5.41, 5.74) is 2.98. The first kappa shape index (κ1) is 18.7. The van der Waals surface area contributed by atoms with Crippen molar-refractivity contribution in [2.75, 3.05) is 6.61 Å². The van der Waals surface area contributed by atoms with Crippen molar-refractivity contribution in [3.8, 4) is 11.5 Å². The van der Waals surface area contributed by atoms with Crippen LogP contribution in [0.1, 0.15) is 37.5 Å². The lowest BCUT2D eigenvalue weighted by Gasteiger charge is -2.14. The number of nitrogens with one attached hydrogen (secondary N) is 1. The van der Waals surface area contributed by atoms with Crippen molar-refractivity contribution in [1.82, 2.24) is 4.72 Å². The molecule has 2 aromatic rings. The summed E-state index contributed by atoms with van der Waals surface area (Å²) in [5, 5.41) is 0. The van der Waals surface area contributed by atoms with Crippen LogP contribution in [0.3, 0.4) is 0 Å². The van der Waals surface area contributed by atoms with Crippen molar-refractivity contribution >= 4 is 10.0 Å². The van der Waals surface area contributed by atoms with E-state index < -0.39 is 10.0 Å². The van der Waals surface area contributed by atoms with Gasteiger partial charge in [0, 0.05) is 24.1 Å². The van der Waals surface area contributed by atoms with Crippen LogP contribution in [0.5, 0.6) is 11.5 Å². The molecule has 1 atom stereocenters. The largest absolute Gasteiger partial charge is 0.494 e. The van der Waals surface area contributed by atoms with Gasteiger partial charge in [0.1, 0.15) is 17.6 Å². The average Bonchev–Trinajstić information content (AvgIpc) is 2.99. The Bertz CT molecular complexity index is 875. The second kappa shape index (κ2) is 7.68. The zero-order valence-electron chi connectivity index (χ0n) is 15.4. The van der Waals surface area contributed by atoms with Gasteiger partial charge in [-0.05, 0) is 50.1 Å². The summed E-state index contributed by atoms with van der Waals surface area (Å²) < 4.78 is 39.3. The second-order valence-electron chi connectivity index (χ2n) is 6.46. The highest BCUT2D eigenvalue weighted by atomic mass is 32.2. The third kappa shape index (κ3) is 4.02. The molecular formula is C20H25NO4S. The summed E-state index contributed by atoms with van der Waals surface area (Å²) in [4.78, 5) is 0.263. The number of aryl methyl sites for hydroxylation is 1. The van der Waals surface area contributed by atoms with Crippen LogP contribution in [0.25, 0.3) is 0 Å². The summed E-state index contributed by atoms with van der Waals surface area (Å²) in [6, 6.07) is 10.8. The third-order valence-electron chi connectivity index (χ3n) is 4.47. The number of hydrogen-bond acceptors (Lipinski definition) is 4. The highest BCUT2D eigenvalue weighted by Crippen LogP contribution is 2.35. The van der Waals surface area contributed by atoms with Crippen LogP contribution in [-0.2, 0) is 29.4 Å². The normalized spacial score (nSPS) is 16.2. The van der Waals surface area contributed by atoms with Crippen molar-refractivity contribution in [2.45, 2.75) is 51.2 Å². The molecule has 0 amide bonds. The number of sulfonamides is 1. The van der Waals surface area contributed by atoms with E-state index in [4.69, 9.17) is 9.47 Å². The van der Waals surface area contributed by atoms with Crippen LogP contribution in [0.2, 0.25) is 0 Å². The number of benzene rings is 2. The molecule has 26 heavy (non-hydrogen) atoms. The molecule has 3 rings (SSSR count). The molecule has 2 aromatic carbocycles. The number of fused-ring (bicyclic) bond motifs is 1. The van der Waals surface area contributed by atoms with Gasteiger partial charge in [-0.25, -0.2) is 13.1 Å². The third-order valence-corrected chi connectivity index (χ3v) is 5.89. The molecule has 1 heterocycles. The molecule has 0 radical (unpaired) electrons. The monoisotopic (exact) mass is 375 g/mol. The Morgan fingerprint density at radius 3 is 2.58 bits per heavy atom. The second-order valence-corrected chi connectivity index (χ2v) is 8.22. The summed E-state index contributed by atoms with van der Waals surface area (Å²) in [7, 11) is -3.59. The molecule has 140 valence electrons. The quantitative estimate of drug-likeness (QED) is 0.805. The minimum absolute atomic E-state index is 0.128. The van der Waals surface area contributed by atoms with Crippen molar-refractivity contribution in [2.24, 2.45) is 0 Å². The van der Waals surface area contributed by atoms with Gasteiger partial charge in [0.05, 0.1) is 11.5 Å². The Labute approximate surface area is 155 Å². The smallest absolute Gasteiger partial charge is 0.240 e. The number of ether oxygens (including phenoxy) is 2. The molecule has 1 N–H and O–H groups in total. The average molecular weight is 375 g/mol. The minimum atomic E-state index is -3.59. The Hall–Kier alpha value is -2.05. The molecule has 0 aliphatic carbocycles. The van der Waals surface area contributed by atoms with Gasteiger partial charge in [-0.2, -0.15) is 0 Å². The van der Waals surface area contributed by atoms with Crippen molar-refractivity contribution in [3.63, 3.8) is 0 Å². The fourth-order valence-corrected chi connectivity index (χ4v) is 4.08. The Morgan fingerprint density at radius 2 is 1.92 bits per heavy atom. The molecule has 6 heteroatoms. The maximum atomic E-state index is 12.6. The highest BCUT2D eigenvalue weighted by Gasteiger charge is 2.23. The van der Waals surface area contributed by atoms with Crippen LogP contribution in [-0.4, -0.2) is 21.1 Å². The SMILES string of the molecule is CCOc1cc2c(cc1CNS(=O)(=O)c1ccc(CC)cc1)O[C@H](C)C2. The van der Waals surface area contributed by atoms with Crippen LogP contribution < -0.4 is 14.2 Å². The zero-order valence-corrected chi connectivity index (χ0v) is 16.2. The summed E-state index contributed by atoms with van der Waals surface area (Å²) in [6.45, 7) is 6.64. The first-order valence-corrected chi connectivity index (χ1v) is 10.4. The molecule has 5 nitrogen and oxygen atoms in total. The van der Waals surface area contributed by atoms with Crippen molar-refractivity contribution in [3.05, 3.63) is 53.1 Å². The standard InChI is InChI=1S/C20H25NO4S/c1-4-15-6-8-18(9-7-15)26(22,23)21-13-17-12-20-16(10-14(3)25-20)11-19(17)24-5-2/h6-9,11-12,14,21H,4-5,10,13H2,1-3H3/t14-/m1/s1. The molecule has 0 spiro atoms. The first-order chi connectivity index (χ1) is 12.4. The van der Waals surface area contributed by atoms with E-state index in [-0.39, 0.29) is 17.5 Å². The topological polar surface area (TPSA) is 64.6 Å². The Morgan fingerprint density at radius 1 is 1.19 bits per heavy atom. The maximum Gasteiger partial charge on any atom is 0.240 e. The van der Waals surface area contributed by atoms with E-state index in [1.54, 1.807) is 12.1 Å². The van der Waals surface area contributed by atoms with Gasteiger partial charge in [0.2, 0.25) is 10.0 Å². The van der Waals surface area contributed by atoms with Crippen LogP contribution in [0.4, 0.5) is 0 Å². The molecule has 0 saturated carbocycles. The van der Waals surface area contributed by atoms with E-state index in [2.05, 4.69) is 4.72 Å². The van der Waals surface area contributed by atoms with Crippen molar-refractivity contribution < 1.29 is 17.9 Å². The predicted molar refractivity (Wildman–Crippen MR) is 101 cm³/mol. The van der Waals surface area contributed by atoms with E-state index in [9.17, 15) is 8.42 Å². The molecule has 0 aromatic heterocycles. The summed E-state index contributed by atoms with van der Waals surface area (Å²) >= 11 is 0. The highest BCUT2D eigenvalue weighted by molar-refractivity contribution is 7.89. The van der Waals surface area contributed by atoms with Gasteiger partial charge in [0.25, 0.3) is 0 Å². The van der Waals surface area contributed by atoms with Gasteiger partial charge in [-0.1, -0.05) is 19.1 Å². The lowest BCUT2D eigenvalue weighted by atomic mass is 10.1. The minimum Gasteiger partial charge on any atom is -0.494 e. The lowest BCUT2D eigenvalue weighted by Crippen LogP contribution is -2.23. The van der Waals surface area contributed by atoms with E-state index in [1.807, 2.05) is 45.0 Å². The van der Waals surface area contributed by atoms with Gasteiger partial charge in [0.15, 0.2) is 0 Å². The molecule has 0 fully saturated rings. The maximum absolute atomic E-state index is 12.6. The lowest BCUT2D eigenvalue weighted by molar-refractivity contribution is 0.254. The fourth-order valence-electron chi connectivity index (χ4n) is 3.07. The van der Waals surface area contributed by atoms with E-state index in [0.717, 1.165) is 35.3 Å². The fraction of sp³-hybridized carbons (Fsp3) is 0.400. The summed E-state index contributed by atoms with van der Waals surface area (Å²) in [5.74, 6) is 1.51. The van der Waals surface area contributed by atoms with Gasteiger partial charge < -0.3 is 9.47 Å². The number of rotatable bonds is 7. The van der Waals surface area contributed by atoms with Gasteiger partial charge >= 0.3 is 0 Å². The van der Waals surface area contributed by atoms with Crippen LogP contribution in [0.15, 0.2) is 41.3 Å². The number of hydrogen-bond donors (Lipinski definition) is 1. The molecule has 0 saturated heterocycles. The molecular weight excluding hydrogens is 350 g/mol. The van der Waals surface area contributed by atoms with Crippen molar-refractivity contribution in [1.29, 1.82) is 0 Å². The van der Waals surface area contributed by atoms with Crippen LogP contribution >= 0.6 is 0 Å². The molecule has 1 aliphatic heterocycles. The van der Waals surface area contributed by atoms with Crippen LogP contribution in [0, 0.1) is 0 Å². The van der Waals surface area contributed by atoms with Gasteiger partial charge in [-0.15, -0.1) is 0 Å². The molecule has 0 bridgehead atoms. The molecule has 1 aliphatic rings. The zero-order chi connectivity index (χ0) is 18.7. The Balaban J connectivity index is 1.80. The molecule has 0 unspecified atom stereocenters. The van der Waals surface area contributed by atoms with E-state index >= 15 is 0 Å². The first-order valence-electron chi connectivity index (χ1n) is 8.96. The van der Waals surface area contributed by atoms with E-state index in [1.165, 1.54) is 0 Å². The van der Waals surface area contributed by atoms with E-state index in [0.29, 0.717) is 12.4 Å². The predicted octanol–water partition coefficient (Wildman–Crippen LogP) is 3.45. The van der Waals surface area contributed by atoms with Gasteiger partial charge in [-0.3, -0.25) is 0 Å².